The zero-order valence-electron chi connectivity index (χ0n) is 5.95. The van der Waals surface area contributed by atoms with Gasteiger partial charge in [0.15, 0.2) is 0 Å². The first kappa shape index (κ1) is 10.5. The van der Waals surface area contributed by atoms with Crippen LogP contribution in [0.4, 0.5) is 0 Å². The van der Waals surface area contributed by atoms with Gasteiger partial charge in [0.25, 0.3) is 0 Å². The molecule has 0 unspecified atom stereocenters. The van der Waals surface area contributed by atoms with Crippen LogP contribution < -0.4 is 0 Å². The number of carboxylic acids is 2. The standard InChI is InChI=1S/C6H10O4Se/c7-5(8)1-3-11-4-2-6(9)10/h1-4H2,(H,7,8)(H,9,10). The van der Waals surface area contributed by atoms with Crippen molar-refractivity contribution in [1.29, 1.82) is 0 Å². The molecule has 2 N–H and O–H groups in total. The molecule has 11 heavy (non-hydrogen) atoms. The summed E-state index contributed by atoms with van der Waals surface area (Å²) < 4.78 is 0. The van der Waals surface area contributed by atoms with Crippen LogP contribution in [-0.2, 0) is 9.59 Å². The van der Waals surface area contributed by atoms with Crippen LogP contribution in [0.15, 0.2) is 0 Å². The second-order valence-corrected chi connectivity index (χ2v) is 4.47. The van der Waals surface area contributed by atoms with E-state index < -0.39 is 11.9 Å². The van der Waals surface area contributed by atoms with Gasteiger partial charge in [-0.05, 0) is 0 Å². The molecule has 0 saturated carbocycles. The van der Waals surface area contributed by atoms with Crippen LogP contribution in [0.1, 0.15) is 12.8 Å². The normalized spacial score (nSPS) is 9.45. The summed E-state index contributed by atoms with van der Waals surface area (Å²) in [6, 6.07) is 0. The Kier molecular flexibility index (Phi) is 5.88. The van der Waals surface area contributed by atoms with E-state index in [0.29, 0.717) is 10.6 Å². The number of hydrogen-bond acceptors (Lipinski definition) is 2. The molecular formula is C6H10O4Se. The molecule has 0 saturated heterocycles. The summed E-state index contributed by atoms with van der Waals surface area (Å²) in [7, 11) is 0. The SMILES string of the molecule is O=C(O)CC[Se]CCC(=O)O. The van der Waals surface area contributed by atoms with Crippen molar-refractivity contribution < 1.29 is 19.8 Å². The van der Waals surface area contributed by atoms with E-state index in [-0.39, 0.29) is 27.8 Å². The molecule has 0 aromatic carbocycles. The van der Waals surface area contributed by atoms with E-state index >= 15 is 0 Å². The Balaban J connectivity index is 3.03. The molecule has 0 aliphatic heterocycles. The fourth-order valence-corrected chi connectivity index (χ4v) is 2.19. The van der Waals surface area contributed by atoms with E-state index in [9.17, 15) is 9.59 Å². The van der Waals surface area contributed by atoms with Crippen molar-refractivity contribution in [3.63, 3.8) is 0 Å². The Labute approximate surface area is 70.8 Å². The number of rotatable bonds is 6. The summed E-state index contributed by atoms with van der Waals surface area (Å²) in [6.45, 7) is 0. The van der Waals surface area contributed by atoms with Crippen LogP contribution in [0.5, 0.6) is 0 Å². The molecule has 4 nitrogen and oxygen atoms in total. The van der Waals surface area contributed by atoms with E-state index in [0.717, 1.165) is 0 Å². The molecule has 0 rings (SSSR count). The second kappa shape index (κ2) is 6.19. The Hall–Kier alpha value is -0.541. The van der Waals surface area contributed by atoms with Gasteiger partial charge in [-0.3, -0.25) is 0 Å². The summed E-state index contributed by atoms with van der Waals surface area (Å²) in [5.74, 6) is -1.61. The van der Waals surface area contributed by atoms with Gasteiger partial charge < -0.3 is 0 Å². The molecule has 0 aliphatic carbocycles. The number of hydrogen-bond donors (Lipinski definition) is 2. The minimum absolute atomic E-state index is 0.166. The molecule has 0 aliphatic rings. The van der Waals surface area contributed by atoms with Crippen molar-refractivity contribution in [3.8, 4) is 0 Å². The predicted octanol–water partition coefficient (Wildman–Crippen LogP) is 0.477. The third kappa shape index (κ3) is 9.46. The molecule has 64 valence electrons. The quantitative estimate of drug-likeness (QED) is 0.509. The zero-order chi connectivity index (χ0) is 8.69. The number of carbonyl (C=O) groups is 2. The third-order valence-corrected chi connectivity index (χ3v) is 2.99. The van der Waals surface area contributed by atoms with Gasteiger partial charge in [0.1, 0.15) is 0 Å². The molecule has 0 bridgehead atoms. The molecule has 0 spiro atoms. The monoisotopic (exact) mass is 226 g/mol. The van der Waals surface area contributed by atoms with Crippen LogP contribution in [0.25, 0.3) is 0 Å². The summed E-state index contributed by atoms with van der Waals surface area (Å²) in [4.78, 5) is 20.0. The third-order valence-electron chi connectivity index (χ3n) is 0.921. The summed E-state index contributed by atoms with van der Waals surface area (Å²) in [5.41, 5.74) is 0. The van der Waals surface area contributed by atoms with Crippen molar-refractivity contribution in [2.45, 2.75) is 23.5 Å². The molecule has 0 radical (unpaired) electrons. The Morgan fingerprint density at radius 2 is 1.36 bits per heavy atom. The first-order chi connectivity index (χ1) is 5.13. The van der Waals surface area contributed by atoms with Crippen molar-refractivity contribution >= 4 is 26.9 Å². The van der Waals surface area contributed by atoms with Crippen LogP contribution >= 0.6 is 0 Å². The molecule has 5 heteroatoms. The van der Waals surface area contributed by atoms with Crippen LogP contribution in [0.3, 0.4) is 0 Å². The second-order valence-electron chi connectivity index (χ2n) is 1.90. The first-order valence-corrected chi connectivity index (χ1v) is 5.56. The zero-order valence-corrected chi connectivity index (χ0v) is 7.66. The van der Waals surface area contributed by atoms with E-state index in [1.165, 1.54) is 0 Å². The van der Waals surface area contributed by atoms with E-state index in [1.807, 2.05) is 0 Å². The molecule has 0 aromatic rings. The van der Waals surface area contributed by atoms with Crippen LogP contribution in [-0.4, -0.2) is 37.1 Å². The van der Waals surface area contributed by atoms with Crippen molar-refractivity contribution in [3.05, 3.63) is 0 Å². The molecule has 0 atom stereocenters. The molecule has 0 fully saturated rings. The van der Waals surface area contributed by atoms with Crippen molar-refractivity contribution in [1.82, 2.24) is 0 Å². The fraction of sp³-hybridized carbons (Fsp3) is 0.667. The van der Waals surface area contributed by atoms with Gasteiger partial charge in [0.05, 0.1) is 0 Å². The number of carboxylic acid groups (broad SMARTS) is 2. The average molecular weight is 225 g/mol. The van der Waals surface area contributed by atoms with Gasteiger partial charge in [-0.1, -0.05) is 0 Å². The molecule has 0 amide bonds. The van der Waals surface area contributed by atoms with Crippen molar-refractivity contribution in [2.24, 2.45) is 0 Å². The van der Waals surface area contributed by atoms with Gasteiger partial charge >= 0.3 is 70.2 Å². The van der Waals surface area contributed by atoms with Crippen LogP contribution in [0, 0.1) is 0 Å². The topological polar surface area (TPSA) is 74.6 Å². The van der Waals surface area contributed by atoms with Gasteiger partial charge in [-0.25, -0.2) is 0 Å². The van der Waals surface area contributed by atoms with Crippen molar-refractivity contribution in [2.75, 3.05) is 0 Å². The molecular weight excluding hydrogens is 215 g/mol. The summed E-state index contributed by atoms with van der Waals surface area (Å²) >= 11 is 0.177. The number of aliphatic carboxylic acids is 2. The van der Waals surface area contributed by atoms with Gasteiger partial charge in [-0.2, -0.15) is 0 Å². The van der Waals surface area contributed by atoms with Crippen LogP contribution in [0.2, 0.25) is 10.6 Å². The predicted molar refractivity (Wildman–Crippen MR) is 39.9 cm³/mol. The van der Waals surface area contributed by atoms with E-state index in [1.54, 1.807) is 0 Å². The Morgan fingerprint density at radius 3 is 1.64 bits per heavy atom. The minimum atomic E-state index is -0.804. The summed E-state index contributed by atoms with van der Waals surface area (Å²) in [6.07, 6.45) is 0.333. The maximum atomic E-state index is 9.99. The van der Waals surface area contributed by atoms with Gasteiger partial charge in [0, 0.05) is 0 Å². The molecule has 0 heterocycles. The Morgan fingerprint density at radius 1 is 1.00 bits per heavy atom. The van der Waals surface area contributed by atoms with E-state index in [4.69, 9.17) is 10.2 Å². The average Bonchev–Trinajstić information content (AvgIpc) is 1.85. The maximum absolute atomic E-state index is 9.99. The fourth-order valence-electron chi connectivity index (χ4n) is 0.421. The van der Waals surface area contributed by atoms with E-state index in [2.05, 4.69) is 0 Å². The Bertz CT molecular complexity index is 130. The van der Waals surface area contributed by atoms with Gasteiger partial charge in [0.2, 0.25) is 0 Å². The summed E-state index contributed by atoms with van der Waals surface area (Å²) in [5, 5.41) is 17.7. The molecule has 0 aromatic heterocycles. The van der Waals surface area contributed by atoms with Gasteiger partial charge in [-0.15, -0.1) is 0 Å². The first-order valence-electron chi connectivity index (χ1n) is 3.14.